The molecule has 72 valence electrons. The van der Waals surface area contributed by atoms with Crippen LogP contribution in [0.25, 0.3) is 0 Å². The zero-order valence-corrected chi connectivity index (χ0v) is 8.52. The van der Waals surface area contributed by atoms with E-state index < -0.39 is 0 Å². The van der Waals surface area contributed by atoms with Crippen LogP contribution in [0.15, 0.2) is 0 Å². The van der Waals surface area contributed by atoms with E-state index in [0.717, 1.165) is 6.42 Å². The Morgan fingerprint density at radius 3 is 1.50 bits per heavy atom. The number of unbranched alkanes of at least 4 members (excludes halogenated alkanes) is 8. The Balaban J connectivity index is 2.73. The van der Waals surface area contributed by atoms with E-state index in [2.05, 4.69) is 6.92 Å². The molecule has 1 nitrogen and oxygen atoms in total. The van der Waals surface area contributed by atoms with Crippen LogP contribution in [0.5, 0.6) is 0 Å². The molecule has 0 aromatic heterocycles. The second kappa shape index (κ2) is 11.0. The van der Waals surface area contributed by atoms with E-state index in [9.17, 15) is 0 Å². The highest BCUT2D eigenvalue weighted by molar-refractivity contribution is 4.46. The third-order valence-corrected chi connectivity index (χ3v) is 2.26. The minimum absolute atomic E-state index is 0.371. The summed E-state index contributed by atoms with van der Waals surface area (Å²) < 4.78 is 0. The maximum absolute atomic E-state index is 8.54. The zero-order chi connectivity index (χ0) is 9.07. The lowest BCUT2D eigenvalue weighted by Crippen LogP contribution is -1.85. The summed E-state index contributed by atoms with van der Waals surface area (Å²) in [6.07, 6.45) is 11.8. The topological polar surface area (TPSA) is 22.3 Å². The molecule has 0 aliphatic rings. The van der Waals surface area contributed by atoms with Gasteiger partial charge in [-0.05, 0) is 6.42 Å². The van der Waals surface area contributed by atoms with Gasteiger partial charge in [0.15, 0.2) is 0 Å². The lowest BCUT2D eigenvalue weighted by Gasteiger charge is -1.99. The molecule has 0 bridgehead atoms. The smallest absolute Gasteiger partial charge is 0.0321 e. The average Bonchev–Trinajstić information content (AvgIpc) is 2.10. The highest BCUT2D eigenvalue weighted by Crippen LogP contribution is 2.08. The quantitative estimate of drug-likeness (QED) is 0.471. The van der Waals surface area contributed by atoms with Crippen molar-refractivity contribution in [1.29, 1.82) is 0 Å². The Labute approximate surface area is 77.7 Å². The van der Waals surface area contributed by atoms with Crippen LogP contribution in [0.4, 0.5) is 0 Å². The fourth-order valence-electron chi connectivity index (χ4n) is 1.42. The minimum Gasteiger partial charge on any atom is -0.145 e. The molecule has 0 aromatic rings. The first-order chi connectivity index (χ1) is 5.91. The third-order valence-electron chi connectivity index (χ3n) is 2.26. The summed E-state index contributed by atoms with van der Waals surface area (Å²) in [5.74, 6) is 0. The van der Waals surface area contributed by atoms with Gasteiger partial charge in [-0.2, -0.15) is 0 Å². The van der Waals surface area contributed by atoms with Gasteiger partial charge in [0.1, 0.15) is 0 Å². The Morgan fingerprint density at radius 2 is 1.08 bits per heavy atom. The van der Waals surface area contributed by atoms with Gasteiger partial charge in [0.25, 0.3) is 0 Å². The fourth-order valence-corrected chi connectivity index (χ4v) is 1.42. The summed E-state index contributed by atoms with van der Waals surface area (Å²) in [7, 11) is 0. The van der Waals surface area contributed by atoms with E-state index in [-0.39, 0.29) is 0 Å². The maximum atomic E-state index is 8.54. The summed E-state index contributed by atoms with van der Waals surface area (Å²) in [5.41, 5.74) is 8.54. The molecule has 0 saturated heterocycles. The SMILES string of the molecule is CCCCCCCCCCC[N]. The molecule has 12 heavy (non-hydrogen) atoms. The van der Waals surface area contributed by atoms with E-state index in [0.29, 0.717) is 6.54 Å². The molecule has 0 aliphatic heterocycles. The number of nitrogens with zero attached hydrogens (tertiary/aromatic N) is 1. The van der Waals surface area contributed by atoms with Gasteiger partial charge in [0.05, 0.1) is 0 Å². The van der Waals surface area contributed by atoms with E-state index in [1.54, 1.807) is 0 Å². The van der Waals surface area contributed by atoms with Gasteiger partial charge in [0.2, 0.25) is 0 Å². The fraction of sp³-hybridized carbons (Fsp3) is 1.00. The number of rotatable bonds is 9. The van der Waals surface area contributed by atoms with Crippen molar-refractivity contribution in [2.24, 2.45) is 0 Å². The van der Waals surface area contributed by atoms with Gasteiger partial charge in [-0.1, -0.05) is 58.3 Å². The van der Waals surface area contributed by atoms with Crippen molar-refractivity contribution in [3.05, 3.63) is 0 Å². The molecular weight excluding hydrogens is 146 g/mol. The number of hydrogen-bond acceptors (Lipinski definition) is 0. The molecule has 0 atom stereocenters. The third kappa shape index (κ3) is 9.96. The lowest BCUT2D eigenvalue weighted by molar-refractivity contribution is 0.566. The standard InChI is InChI=1S/C11H23N/c1-2-3-4-5-6-7-8-9-10-11-12/h2-11H2,1H3. The van der Waals surface area contributed by atoms with Crippen molar-refractivity contribution in [3.63, 3.8) is 0 Å². The molecule has 0 aliphatic carbocycles. The molecule has 2 radical (unpaired) electrons. The van der Waals surface area contributed by atoms with Crippen molar-refractivity contribution < 1.29 is 0 Å². The van der Waals surface area contributed by atoms with Crippen LogP contribution >= 0.6 is 0 Å². The van der Waals surface area contributed by atoms with Gasteiger partial charge in [-0.15, -0.1) is 5.73 Å². The first-order valence-corrected chi connectivity index (χ1v) is 5.52. The lowest BCUT2D eigenvalue weighted by atomic mass is 10.1. The van der Waals surface area contributed by atoms with E-state index in [4.69, 9.17) is 5.73 Å². The zero-order valence-electron chi connectivity index (χ0n) is 8.52. The molecule has 0 spiro atoms. The molecule has 0 heterocycles. The summed E-state index contributed by atoms with van der Waals surface area (Å²) in [4.78, 5) is 0. The van der Waals surface area contributed by atoms with Crippen LogP contribution in [0.2, 0.25) is 0 Å². The highest BCUT2D eigenvalue weighted by Gasteiger charge is 1.90. The first kappa shape index (κ1) is 12.0. The van der Waals surface area contributed by atoms with Crippen molar-refractivity contribution >= 4 is 0 Å². The van der Waals surface area contributed by atoms with Gasteiger partial charge in [-0.25, -0.2) is 0 Å². The predicted molar refractivity (Wildman–Crippen MR) is 54.2 cm³/mol. The van der Waals surface area contributed by atoms with Crippen LogP contribution < -0.4 is 5.73 Å². The van der Waals surface area contributed by atoms with Gasteiger partial charge >= 0.3 is 0 Å². The molecule has 0 fully saturated rings. The van der Waals surface area contributed by atoms with Gasteiger partial charge in [0, 0.05) is 6.54 Å². The van der Waals surface area contributed by atoms with E-state index in [1.165, 1.54) is 51.4 Å². The van der Waals surface area contributed by atoms with Crippen LogP contribution in [-0.4, -0.2) is 6.54 Å². The summed E-state index contributed by atoms with van der Waals surface area (Å²) in [6.45, 7) is 2.62. The molecule has 0 rings (SSSR count). The van der Waals surface area contributed by atoms with E-state index >= 15 is 0 Å². The van der Waals surface area contributed by atoms with Crippen LogP contribution in [0.1, 0.15) is 64.7 Å². The molecule has 0 N–H and O–H groups in total. The highest BCUT2D eigenvalue weighted by atomic mass is 14.5. The maximum Gasteiger partial charge on any atom is 0.0321 e. The first-order valence-electron chi connectivity index (χ1n) is 5.52. The second-order valence-corrected chi connectivity index (χ2v) is 3.55. The van der Waals surface area contributed by atoms with Crippen molar-refractivity contribution in [2.45, 2.75) is 64.7 Å². The Bertz CT molecular complexity index is 61.4. The minimum atomic E-state index is 0.371. The van der Waals surface area contributed by atoms with Crippen molar-refractivity contribution in [2.75, 3.05) is 6.54 Å². The van der Waals surface area contributed by atoms with Crippen LogP contribution in [0, 0.1) is 0 Å². The summed E-state index contributed by atoms with van der Waals surface area (Å²) >= 11 is 0. The largest absolute Gasteiger partial charge is 0.145 e. The molecule has 0 amide bonds. The molecule has 1 heteroatoms. The van der Waals surface area contributed by atoms with E-state index in [1.807, 2.05) is 0 Å². The second-order valence-electron chi connectivity index (χ2n) is 3.55. The predicted octanol–water partition coefficient (Wildman–Crippen LogP) is 3.59. The Morgan fingerprint density at radius 1 is 0.667 bits per heavy atom. The Kier molecular flexibility index (Phi) is 10.9. The van der Waals surface area contributed by atoms with Crippen LogP contribution in [-0.2, 0) is 0 Å². The van der Waals surface area contributed by atoms with Crippen molar-refractivity contribution in [1.82, 2.24) is 5.73 Å². The molecule has 0 aromatic carbocycles. The average molecular weight is 169 g/mol. The summed E-state index contributed by atoms with van der Waals surface area (Å²) in [6, 6.07) is 0. The number of hydrogen-bond donors (Lipinski definition) is 0. The normalized spacial score (nSPS) is 10.5. The monoisotopic (exact) mass is 169 g/mol. The van der Waals surface area contributed by atoms with Crippen LogP contribution in [0.3, 0.4) is 0 Å². The van der Waals surface area contributed by atoms with Crippen molar-refractivity contribution in [3.8, 4) is 0 Å². The summed E-state index contributed by atoms with van der Waals surface area (Å²) in [5, 5.41) is 0. The van der Waals surface area contributed by atoms with Gasteiger partial charge < -0.3 is 0 Å². The van der Waals surface area contributed by atoms with Gasteiger partial charge in [-0.3, -0.25) is 0 Å². The Hall–Kier alpha value is -0.0400. The molecule has 0 unspecified atom stereocenters. The molecule has 0 saturated carbocycles. The molecular formula is C11H23N.